The van der Waals surface area contributed by atoms with Crippen molar-refractivity contribution in [3.05, 3.63) is 83.3 Å². The minimum Gasteiger partial charge on any atom is -0.623 e. The molecule has 0 aliphatic heterocycles. The molecule has 1 aromatic carbocycles. The maximum atomic E-state index is 12.4. The standard InChI is InChI=1S/C17H18N2O/c1-3-5-17(16-6-4-11-18-12-16)19(20)13-15-9-7-14(2)8-10-15/h3-4,6-13,17H,1,5H2,2H3/b19-13-. The summed E-state index contributed by atoms with van der Waals surface area (Å²) in [6.07, 6.45) is 7.37. The Kier molecular flexibility index (Phi) is 4.66. The number of pyridine rings is 1. The zero-order valence-electron chi connectivity index (χ0n) is 11.6. The van der Waals surface area contributed by atoms with Crippen LogP contribution < -0.4 is 0 Å². The SMILES string of the molecule is C=CCC(c1cccnc1)/[N+]([O-])=C/c1ccc(C)cc1. The minimum absolute atomic E-state index is 0.289. The van der Waals surface area contributed by atoms with Crippen LogP contribution in [0.4, 0.5) is 0 Å². The summed E-state index contributed by atoms with van der Waals surface area (Å²) >= 11 is 0. The lowest BCUT2D eigenvalue weighted by Gasteiger charge is -2.15. The van der Waals surface area contributed by atoms with E-state index in [0.717, 1.165) is 15.9 Å². The van der Waals surface area contributed by atoms with E-state index >= 15 is 0 Å². The number of hydroxylamine groups is 1. The average Bonchev–Trinajstić information content (AvgIpc) is 2.48. The van der Waals surface area contributed by atoms with Crippen molar-refractivity contribution in [2.45, 2.75) is 19.4 Å². The van der Waals surface area contributed by atoms with E-state index in [1.165, 1.54) is 5.56 Å². The second kappa shape index (κ2) is 6.66. The van der Waals surface area contributed by atoms with Crippen LogP contribution >= 0.6 is 0 Å². The summed E-state index contributed by atoms with van der Waals surface area (Å²) in [5, 5.41) is 12.4. The number of hydrogen-bond acceptors (Lipinski definition) is 2. The third-order valence-corrected chi connectivity index (χ3v) is 3.12. The molecule has 3 heteroatoms. The van der Waals surface area contributed by atoms with Gasteiger partial charge in [-0.3, -0.25) is 4.98 Å². The van der Waals surface area contributed by atoms with E-state index in [-0.39, 0.29) is 6.04 Å². The normalized spacial score (nSPS) is 12.9. The van der Waals surface area contributed by atoms with Crippen molar-refractivity contribution < 1.29 is 4.74 Å². The van der Waals surface area contributed by atoms with Gasteiger partial charge in [0, 0.05) is 29.9 Å². The third kappa shape index (κ3) is 3.54. The molecule has 0 amide bonds. The molecule has 0 bridgehead atoms. The van der Waals surface area contributed by atoms with Gasteiger partial charge in [0.1, 0.15) is 0 Å². The molecule has 3 nitrogen and oxygen atoms in total. The van der Waals surface area contributed by atoms with Gasteiger partial charge in [0.05, 0.1) is 0 Å². The Labute approximate surface area is 119 Å². The molecule has 0 radical (unpaired) electrons. The Morgan fingerprint density at radius 1 is 1.30 bits per heavy atom. The summed E-state index contributed by atoms with van der Waals surface area (Å²) in [6, 6.07) is 11.3. The van der Waals surface area contributed by atoms with Crippen LogP contribution in [0.3, 0.4) is 0 Å². The van der Waals surface area contributed by atoms with Crippen LogP contribution in [0.5, 0.6) is 0 Å². The van der Waals surface area contributed by atoms with Crippen molar-refractivity contribution in [3.8, 4) is 0 Å². The summed E-state index contributed by atoms with van der Waals surface area (Å²) < 4.78 is 0.976. The molecule has 2 aromatic rings. The second-order valence-electron chi connectivity index (χ2n) is 4.73. The molecular formula is C17H18N2O. The van der Waals surface area contributed by atoms with Crippen molar-refractivity contribution in [2.75, 3.05) is 0 Å². The number of hydrogen-bond donors (Lipinski definition) is 0. The first-order valence-corrected chi connectivity index (χ1v) is 6.58. The zero-order chi connectivity index (χ0) is 14.4. The summed E-state index contributed by atoms with van der Waals surface area (Å²) in [4.78, 5) is 4.08. The monoisotopic (exact) mass is 266 g/mol. The van der Waals surface area contributed by atoms with Gasteiger partial charge in [0.15, 0.2) is 12.3 Å². The van der Waals surface area contributed by atoms with E-state index in [4.69, 9.17) is 0 Å². The van der Waals surface area contributed by atoms with Gasteiger partial charge in [-0.1, -0.05) is 23.8 Å². The van der Waals surface area contributed by atoms with Gasteiger partial charge in [-0.25, -0.2) is 4.74 Å². The first-order valence-electron chi connectivity index (χ1n) is 6.58. The largest absolute Gasteiger partial charge is 0.623 e. The van der Waals surface area contributed by atoms with Gasteiger partial charge in [0.2, 0.25) is 0 Å². The van der Waals surface area contributed by atoms with Crippen molar-refractivity contribution >= 4 is 6.21 Å². The fraction of sp³-hybridized carbons (Fsp3) is 0.176. The molecule has 0 saturated heterocycles. The average molecular weight is 266 g/mol. The maximum Gasteiger partial charge on any atom is 0.193 e. The Bertz CT molecular complexity index is 588. The van der Waals surface area contributed by atoms with E-state index < -0.39 is 0 Å². The highest BCUT2D eigenvalue weighted by Gasteiger charge is 2.17. The zero-order valence-corrected chi connectivity index (χ0v) is 11.6. The number of rotatable bonds is 5. The van der Waals surface area contributed by atoms with Gasteiger partial charge in [-0.15, -0.1) is 6.58 Å². The number of aryl methyl sites for hydroxylation is 1. The summed E-state index contributed by atoms with van der Waals surface area (Å²) in [5.41, 5.74) is 2.96. The lowest BCUT2D eigenvalue weighted by Crippen LogP contribution is -2.14. The van der Waals surface area contributed by atoms with Crippen molar-refractivity contribution in [2.24, 2.45) is 0 Å². The number of aromatic nitrogens is 1. The maximum absolute atomic E-state index is 12.4. The quantitative estimate of drug-likeness (QED) is 0.272. The molecule has 20 heavy (non-hydrogen) atoms. The number of benzene rings is 1. The van der Waals surface area contributed by atoms with Crippen LogP contribution in [-0.4, -0.2) is 15.9 Å². The fourth-order valence-corrected chi connectivity index (χ4v) is 2.01. The van der Waals surface area contributed by atoms with Gasteiger partial charge in [-0.05, 0) is 31.2 Å². The molecule has 1 atom stereocenters. The smallest absolute Gasteiger partial charge is 0.193 e. The predicted molar refractivity (Wildman–Crippen MR) is 81.8 cm³/mol. The molecule has 0 spiro atoms. The molecule has 102 valence electrons. The molecule has 1 aromatic heterocycles. The van der Waals surface area contributed by atoms with E-state index in [2.05, 4.69) is 11.6 Å². The summed E-state index contributed by atoms with van der Waals surface area (Å²) in [5.74, 6) is 0. The predicted octanol–water partition coefficient (Wildman–Crippen LogP) is 3.64. The molecule has 0 N–H and O–H groups in total. The molecular weight excluding hydrogens is 248 g/mol. The van der Waals surface area contributed by atoms with E-state index in [9.17, 15) is 5.21 Å². The summed E-state index contributed by atoms with van der Waals surface area (Å²) in [6.45, 7) is 5.75. The van der Waals surface area contributed by atoms with Crippen molar-refractivity contribution in [3.63, 3.8) is 0 Å². The topological polar surface area (TPSA) is 39.0 Å². The highest BCUT2D eigenvalue weighted by molar-refractivity contribution is 5.75. The van der Waals surface area contributed by atoms with Crippen LogP contribution in [-0.2, 0) is 0 Å². The Morgan fingerprint density at radius 3 is 2.65 bits per heavy atom. The van der Waals surface area contributed by atoms with Gasteiger partial charge >= 0.3 is 0 Å². The van der Waals surface area contributed by atoms with E-state index in [1.54, 1.807) is 24.7 Å². The summed E-state index contributed by atoms with van der Waals surface area (Å²) in [7, 11) is 0. The first kappa shape index (κ1) is 14.0. The Morgan fingerprint density at radius 2 is 2.05 bits per heavy atom. The minimum atomic E-state index is -0.289. The molecule has 2 rings (SSSR count). The van der Waals surface area contributed by atoms with Gasteiger partial charge in [-0.2, -0.15) is 0 Å². The van der Waals surface area contributed by atoms with Crippen LogP contribution in [0.15, 0.2) is 61.4 Å². The van der Waals surface area contributed by atoms with Crippen LogP contribution in [0.2, 0.25) is 0 Å². The lowest BCUT2D eigenvalue weighted by molar-refractivity contribution is -0.502. The third-order valence-electron chi connectivity index (χ3n) is 3.12. The Balaban J connectivity index is 2.29. The molecule has 0 aliphatic carbocycles. The van der Waals surface area contributed by atoms with Gasteiger partial charge in [0.25, 0.3) is 0 Å². The van der Waals surface area contributed by atoms with E-state index in [1.807, 2.05) is 43.3 Å². The van der Waals surface area contributed by atoms with Gasteiger partial charge < -0.3 is 5.21 Å². The molecule has 1 heterocycles. The molecule has 1 unspecified atom stereocenters. The van der Waals surface area contributed by atoms with Crippen LogP contribution in [0.25, 0.3) is 0 Å². The molecule has 0 aliphatic rings. The first-order chi connectivity index (χ1) is 9.70. The van der Waals surface area contributed by atoms with Crippen LogP contribution in [0.1, 0.15) is 29.2 Å². The van der Waals surface area contributed by atoms with E-state index in [0.29, 0.717) is 6.42 Å². The van der Waals surface area contributed by atoms with Crippen molar-refractivity contribution in [1.82, 2.24) is 4.98 Å². The lowest BCUT2D eigenvalue weighted by atomic mass is 10.1. The molecule has 0 fully saturated rings. The highest BCUT2D eigenvalue weighted by Crippen LogP contribution is 2.20. The fourth-order valence-electron chi connectivity index (χ4n) is 2.01. The second-order valence-corrected chi connectivity index (χ2v) is 4.73. The van der Waals surface area contributed by atoms with Crippen molar-refractivity contribution in [1.29, 1.82) is 0 Å². The number of nitrogens with zero attached hydrogens (tertiary/aromatic N) is 2. The Hall–Kier alpha value is -2.42. The molecule has 0 saturated carbocycles. The van der Waals surface area contributed by atoms with Crippen LogP contribution in [0, 0.1) is 12.1 Å². The highest BCUT2D eigenvalue weighted by atomic mass is 16.5.